The van der Waals surface area contributed by atoms with Crippen LogP contribution in [0.25, 0.3) is 0 Å². The van der Waals surface area contributed by atoms with Gasteiger partial charge in [0.2, 0.25) is 0 Å². The minimum absolute atomic E-state index is 0.106. The lowest BCUT2D eigenvalue weighted by molar-refractivity contribution is 0.210. The Morgan fingerprint density at radius 2 is 2.23 bits per heavy atom. The maximum absolute atomic E-state index is 9.03. The molecular weight excluding hydrogens is 253 g/mol. The van der Waals surface area contributed by atoms with Gasteiger partial charge in [0.1, 0.15) is 0 Å². The van der Waals surface area contributed by atoms with Crippen molar-refractivity contribution in [3.8, 4) is 0 Å². The van der Waals surface area contributed by atoms with E-state index in [9.17, 15) is 0 Å². The Balaban J connectivity index is 3.10. The van der Waals surface area contributed by atoms with Gasteiger partial charge in [0.15, 0.2) is 0 Å². The first-order chi connectivity index (χ1) is 5.97. The lowest BCUT2D eigenvalue weighted by Gasteiger charge is -2.22. The number of hydrogen-bond acceptors (Lipinski definition) is 2. The fourth-order valence-electron chi connectivity index (χ4n) is 0.943. The first-order valence-corrected chi connectivity index (χ1v) is 5.00. The summed E-state index contributed by atoms with van der Waals surface area (Å²) in [7, 11) is 0. The zero-order valence-corrected chi connectivity index (χ0v) is 9.56. The Kier molecular flexibility index (Phi) is 3.35. The first-order valence-electron chi connectivity index (χ1n) is 3.82. The van der Waals surface area contributed by atoms with Crippen LogP contribution in [-0.2, 0) is 5.54 Å². The second-order valence-electron chi connectivity index (χ2n) is 3.20. The molecule has 0 aliphatic rings. The smallest absolute Gasteiger partial charge is 0.0650 e. The molecule has 1 aromatic carbocycles. The van der Waals surface area contributed by atoms with Crippen molar-refractivity contribution < 1.29 is 5.11 Å². The largest absolute Gasteiger partial charge is 0.394 e. The van der Waals surface area contributed by atoms with Crippen molar-refractivity contribution in [1.29, 1.82) is 0 Å². The van der Waals surface area contributed by atoms with Crippen LogP contribution in [0.15, 0.2) is 22.7 Å². The van der Waals surface area contributed by atoms with Gasteiger partial charge in [0.05, 0.1) is 17.2 Å². The Hall–Kier alpha value is -0.0900. The van der Waals surface area contributed by atoms with Crippen molar-refractivity contribution in [2.24, 2.45) is 5.73 Å². The Morgan fingerprint density at radius 3 is 2.69 bits per heavy atom. The van der Waals surface area contributed by atoms with Crippen LogP contribution >= 0.6 is 27.5 Å². The van der Waals surface area contributed by atoms with Crippen molar-refractivity contribution in [1.82, 2.24) is 0 Å². The Bertz CT molecular complexity index is 314. The maximum atomic E-state index is 9.03. The van der Waals surface area contributed by atoms with Gasteiger partial charge in [-0.2, -0.15) is 0 Å². The standard InChI is InChI=1S/C9H11BrClNO/c1-9(12,5-13)6-2-3-7(10)8(11)4-6/h2-4,13H,5,12H2,1H3/t9-/m1/s1. The molecule has 2 nitrogen and oxygen atoms in total. The van der Waals surface area contributed by atoms with E-state index in [2.05, 4.69) is 15.9 Å². The van der Waals surface area contributed by atoms with Crippen LogP contribution in [0.5, 0.6) is 0 Å². The molecular formula is C9H11BrClNO. The summed E-state index contributed by atoms with van der Waals surface area (Å²) in [4.78, 5) is 0. The van der Waals surface area contributed by atoms with E-state index >= 15 is 0 Å². The van der Waals surface area contributed by atoms with Gasteiger partial charge in [-0.05, 0) is 40.5 Å². The molecule has 3 N–H and O–H groups in total. The lowest BCUT2D eigenvalue weighted by Crippen LogP contribution is -2.36. The van der Waals surface area contributed by atoms with Crippen molar-refractivity contribution in [3.63, 3.8) is 0 Å². The van der Waals surface area contributed by atoms with Gasteiger partial charge in [-0.15, -0.1) is 0 Å². The SMILES string of the molecule is C[C@@](N)(CO)c1ccc(Br)c(Cl)c1. The van der Waals surface area contributed by atoms with Gasteiger partial charge < -0.3 is 10.8 Å². The fourth-order valence-corrected chi connectivity index (χ4v) is 1.37. The quantitative estimate of drug-likeness (QED) is 0.861. The zero-order valence-electron chi connectivity index (χ0n) is 7.22. The van der Waals surface area contributed by atoms with E-state index in [4.69, 9.17) is 22.4 Å². The predicted octanol–water partition coefficient (Wildman–Crippen LogP) is 2.27. The van der Waals surface area contributed by atoms with Crippen LogP contribution in [-0.4, -0.2) is 11.7 Å². The number of nitrogens with two attached hydrogens (primary N) is 1. The highest BCUT2D eigenvalue weighted by atomic mass is 79.9. The molecule has 1 aromatic rings. The average Bonchev–Trinajstić information content (AvgIpc) is 2.09. The van der Waals surface area contributed by atoms with Crippen LogP contribution in [0.1, 0.15) is 12.5 Å². The van der Waals surface area contributed by atoms with Crippen molar-refractivity contribution >= 4 is 27.5 Å². The number of hydrogen-bond donors (Lipinski definition) is 2. The lowest BCUT2D eigenvalue weighted by atomic mass is 9.94. The van der Waals surface area contributed by atoms with Gasteiger partial charge in [-0.1, -0.05) is 17.7 Å². The molecule has 1 atom stereocenters. The van der Waals surface area contributed by atoms with Gasteiger partial charge in [-0.25, -0.2) is 0 Å². The summed E-state index contributed by atoms with van der Waals surface area (Å²) < 4.78 is 0.826. The zero-order chi connectivity index (χ0) is 10.1. The summed E-state index contributed by atoms with van der Waals surface area (Å²) >= 11 is 9.18. The van der Waals surface area contributed by atoms with E-state index in [1.54, 1.807) is 13.0 Å². The maximum Gasteiger partial charge on any atom is 0.0650 e. The van der Waals surface area contributed by atoms with Gasteiger partial charge in [0, 0.05) is 4.47 Å². The molecule has 0 fully saturated rings. The topological polar surface area (TPSA) is 46.2 Å². The van der Waals surface area contributed by atoms with Crippen molar-refractivity contribution in [2.45, 2.75) is 12.5 Å². The van der Waals surface area contributed by atoms with E-state index in [1.165, 1.54) is 0 Å². The molecule has 0 heterocycles. The minimum Gasteiger partial charge on any atom is -0.394 e. The summed E-state index contributed by atoms with van der Waals surface area (Å²) in [6.07, 6.45) is 0. The Labute approximate surface area is 90.8 Å². The van der Waals surface area contributed by atoms with Gasteiger partial charge >= 0.3 is 0 Å². The molecule has 0 aliphatic carbocycles. The number of aliphatic hydroxyl groups is 1. The van der Waals surface area contributed by atoms with Gasteiger partial charge in [0.25, 0.3) is 0 Å². The molecule has 0 spiro atoms. The third-order valence-electron chi connectivity index (χ3n) is 1.91. The van der Waals surface area contributed by atoms with E-state index in [1.807, 2.05) is 12.1 Å². The van der Waals surface area contributed by atoms with Crippen molar-refractivity contribution in [2.75, 3.05) is 6.61 Å². The summed E-state index contributed by atoms with van der Waals surface area (Å²) in [5, 5.41) is 9.63. The molecule has 0 aliphatic heterocycles. The molecule has 0 aromatic heterocycles. The summed E-state index contributed by atoms with van der Waals surface area (Å²) in [5.41, 5.74) is 5.92. The number of rotatable bonds is 2. The molecule has 0 unspecified atom stereocenters. The minimum atomic E-state index is -0.732. The number of benzene rings is 1. The number of aliphatic hydroxyl groups excluding tert-OH is 1. The van der Waals surface area contributed by atoms with Crippen LogP contribution in [0.4, 0.5) is 0 Å². The van der Waals surface area contributed by atoms with Crippen LogP contribution < -0.4 is 5.73 Å². The second-order valence-corrected chi connectivity index (χ2v) is 4.47. The highest BCUT2D eigenvalue weighted by Gasteiger charge is 2.20. The number of halogens is 2. The highest BCUT2D eigenvalue weighted by Crippen LogP contribution is 2.27. The van der Waals surface area contributed by atoms with Crippen molar-refractivity contribution in [3.05, 3.63) is 33.3 Å². The predicted molar refractivity (Wildman–Crippen MR) is 57.8 cm³/mol. The van der Waals surface area contributed by atoms with Crippen LogP contribution in [0.2, 0.25) is 5.02 Å². The normalized spacial score (nSPS) is 15.5. The first kappa shape index (κ1) is 11.0. The molecule has 1 rings (SSSR count). The molecule has 0 saturated heterocycles. The monoisotopic (exact) mass is 263 g/mol. The molecule has 0 radical (unpaired) electrons. The van der Waals surface area contributed by atoms with Gasteiger partial charge in [-0.3, -0.25) is 0 Å². The molecule has 0 amide bonds. The third kappa shape index (κ3) is 2.44. The highest BCUT2D eigenvalue weighted by molar-refractivity contribution is 9.10. The van der Waals surface area contributed by atoms with E-state index in [0.29, 0.717) is 5.02 Å². The molecule has 13 heavy (non-hydrogen) atoms. The average molecular weight is 265 g/mol. The molecule has 0 bridgehead atoms. The summed E-state index contributed by atoms with van der Waals surface area (Å²) in [6, 6.07) is 5.41. The molecule has 72 valence electrons. The Morgan fingerprint density at radius 1 is 1.62 bits per heavy atom. The van der Waals surface area contributed by atoms with E-state index < -0.39 is 5.54 Å². The summed E-state index contributed by atoms with van der Waals surface area (Å²) in [6.45, 7) is 1.65. The van der Waals surface area contributed by atoms with E-state index in [0.717, 1.165) is 10.0 Å². The van der Waals surface area contributed by atoms with Crippen LogP contribution in [0, 0.1) is 0 Å². The fraction of sp³-hybridized carbons (Fsp3) is 0.333. The second kappa shape index (κ2) is 3.96. The van der Waals surface area contributed by atoms with Crippen LogP contribution in [0.3, 0.4) is 0 Å². The molecule has 4 heteroatoms. The molecule has 0 saturated carbocycles. The summed E-state index contributed by atoms with van der Waals surface area (Å²) in [5.74, 6) is 0. The van der Waals surface area contributed by atoms with E-state index in [-0.39, 0.29) is 6.61 Å². The third-order valence-corrected chi connectivity index (χ3v) is 3.14.